The van der Waals surface area contributed by atoms with E-state index in [1.807, 2.05) is 13.0 Å². The van der Waals surface area contributed by atoms with Gasteiger partial charge in [0.1, 0.15) is 24.0 Å². The Balaban J connectivity index is 1.72. The van der Waals surface area contributed by atoms with Gasteiger partial charge in [0.25, 0.3) is 5.91 Å². The number of carboxylic acid groups (broad SMARTS) is 1. The number of hydrogen-bond donors (Lipinski definition) is 2. The predicted octanol–water partition coefficient (Wildman–Crippen LogP) is 4.31. The zero-order chi connectivity index (χ0) is 22.9. The molecule has 32 heavy (non-hydrogen) atoms. The Morgan fingerprint density at radius 2 is 1.97 bits per heavy atom. The van der Waals surface area contributed by atoms with E-state index < -0.39 is 5.97 Å². The van der Waals surface area contributed by atoms with Crippen LogP contribution in [0.2, 0.25) is 0 Å². The monoisotopic (exact) mass is 438 g/mol. The fourth-order valence-electron chi connectivity index (χ4n) is 3.55. The number of benzene rings is 1. The predicted molar refractivity (Wildman–Crippen MR) is 116 cm³/mol. The Labute approximate surface area is 186 Å². The lowest BCUT2D eigenvalue weighted by molar-refractivity contribution is -0.117. The van der Waals surface area contributed by atoms with Gasteiger partial charge in [0.2, 0.25) is 5.76 Å². The quantitative estimate of drug-likeness (QED) is 0.442. The molecule has 2 N–H and O–H groups in total. The normalized spacial score (nSPS) is 14.4. The second kappa shape index (κ2) is 11.0. The average Bonchev–Trinajstić information content (AvgIpc) is 3.27. The lowest BCUT2D eigenvalue weighted by Gasteiger charge is -2.22. The van der Waals surface area contributed by atoms with Crippen LogP contribution in [-0.2, 0) is 11.4 Å². The first-order valence-corrected chi connectivity index (χ1v) is 10.6. The number of carbonyl (C=O) groups is 2. The minimum atomic E-state index is -1.15. The van der Waals surface area contributed by atoms with Crippen molar-refractivity contribution in [1.82, 2.24) is 5.32 Å². The van der Waals surface area contributed by atoms with Crippen molar-refractivity contribution in [1.29, 1.82) is 5.26 Å². The number of nitrogens with zero attached hydrogens (tertiary/aromatic N) is 1. The third-order valence-electron chi connectivity index (χ3n) is 5.13. The van der Waals surface area contributed by atoms with Crippen LogP contribution in [-0.4, -0.2) is 29.6 Å². The topological polar surface area (TPSA) is 122 Å². The van der Waals surface area contributed by atoms with Crippen LogP contribution in [0.4, 0.5) is 0 Å². The SMILES string of the molecule is CCOc1cc(/C=C(/C#N)C(=O)NC2CCCCC2)ccc1OCc1ccc(C(=O)O)o1. The van der Waals surface area contributed by atoms with Crippen LogP contribution in [0.25, 0.3) is 6.08 Å². The summed E-state index contributed by atoms with van der Waals surface area (Å²) in [5.74, 6) is -0.448. The van der Waals surface area contributed by atoms with Gasteiger partial charge in [-0.2, -0.15) is 5.26 Å². The zero-order valence-electron chi connectivity index (χ0n) is 17.9. The zero-order valence-corrected chi connectivity index (χ0v) is 17.9. The number of nitriles is 1. The van der Waals surface area contributed by atoms with Crippen LogP contribution in [0.15, 0.2) is 40.3 Å². The van der Waals surface area contributed by atoms with Gasteiger partial charge in [-0.15, -0.1) is 0 Å². The molecule has 3 rings (SSSR count). The molecule has 1 aliphatic rings. The number of amides is 1. The van der Waals surface area contributed by atoms with Crippen LogP contribution in [0.1, 0.15) is 60.9 Å². The molecule has 1 fully saturated rings. The van der Waals surface area contributed by atoms with E-state index in [-0.39, 0.29) is 29.9 Å². The maximum Gasteiger partial charge on any atom is 0.371 e. The van der Waals surface area contributed by atoms with Crippen molar-refractivity contribution in [3.8, 4) is 17.6 Å². The molecule has 1 amide bonds. The Kier molecular flexibility index (Phi) is 7.92. The highest BCUT2D eigenvalue weighted by atomic mass is 16.5. The van der Waals surface area contributed by atoms with Crippen molar-refractivity contribution >= 4 is 18.0 Å². The summed E-state index contributed by atoms with van der Waals surface area (Å²) in [6, 6.07) is 10.1. The molecule has 0 unspecified atom stereocenters. The highest BCUT2D eigenvalue weighted by molar-refractivity contribution is 6.01. The molecule has 1 aliphatic carbocycles. The number of ether oxygens (including phenoxy) is 2. The van der Waals surface area contributed by atoms with Crippen molar-refractivity contribution in [3.63, 3.8) is 0 Å². The molecule has 1 heterocycles. The van der Waals surface area contributed by atoms with E-state index in [2.05, 4.69) is 5.32 Å². The minimum absolute atomic E-state index is 0.0236. The standard InChI is InChI=1S/C24H26N2O6/c1-2-30-22-13-16(12-17(14-25)23(27)26-18-6-4-3-5-7-18)8-10-20(22)31-15-19-9-11-21(32-19)24(28)29/h8-13,18H,2-7,15H2,1H3,(H,26,27)(H,28,29)/b17-12-. The number of carbonyl (C=O) groups excluding carboxylic acids is 1. The number of rotatable bonds is 9. The number of aromatic carboxylic acids is 1. The molecule has 0 radical (unpaired) electrons. The summed E-state index contributed by atoms with van der Waals surface area (Å²) in [5, 5.41) is 21.4. The lowest BCUT2D eigenvalue weighted by atomic mass is 9.95. The molecule has 0 bridgehead atoms. The van der Waals surface area contributed by atoms with Crippen molar-refractivity contribution in [3.05, 3.63) is 53.0 Å². The fraction of sp³-hybridized carbons (Fsp3) is 0.375. The first-order chi connectivity index (χ1) is 15.5. The second-order valence-corrected chi connectivity index (χ2v) is 7.48. The minimum Gasteiger partial charge on any atom is -0.490 e. The Bertz CT molecular complexity index is 1030. The smallest absolute Gasteiger partial charge is 0.371 e. The first kappa shape index (κ1) is 22.9. The van der Waals surface area contributed by atoms with Crippen molar-refractivity contribution in [2.24, 2.45) is 0 Å². The third kappa shape index (κ3) is 6.14. The molecular weight excluding hydrogens is 412 g/mol. The van der Waals surface area contributed by atoms with Crippen LogP contribution < -0.4 is 14.8 Å². The van der Waals surface area contributed by atoms with Crippen LogP contribution in [0.5, 0.6) is 11.5 Å². The highest BCUT2D eigenvalue weighted by Gasteiger charge is 2.18. The molecule has 168 valence electrons. The third-order valence-corrected chi connectivity index (χ3v) is 5.13. The lowest BCUT2D eigenvalue weighted by Crippen LogP contribution is -2.36. The first-order valence-electron chi connectivity index (χ1n) is 10.6. The summed E-state index contributed by atoms with van der Waals surface area (Å²) >= 11 is 0. The van der Waals surface area contributed by atoms with Gasteiger partial charge in [-0.05, 0) is 55.7 Å². The number of nitrogens with one attached hydrogen (secondary N) is 1. The van der Waals surface area contributed by atoms with Gasteiger partial charge in [0.05, 0.1) is 6.61 Å². The van der Waals surface area contributed by atoms with Crippen molar-refractivity contribution in [2.45, 2.75) is 51.7 Å². The van der Waals surface area contributed by atoms with Gasteiger partial charge in [0.15, 0.2) is 11.5 Å². The molecule has 1 aromatic heterocycles. The molecule has 1 aromatic carbocycles. The van der Waals surface area contributed by atoms with Crippen molar-refractivity contribution < 1.29 is 28.6 Å². The average molecular weight is 438 g/mol. The van der Waals surface area contributed by atoms with Gasteiger partial charge in [-0.1, -0.05) is 25.3 Å². The summed E-state index contributed by atoms with van der Waals surface area (Å²) in [6.45, 7) is 2.24. The second-order valence-electron chi connectivity index (χ2n) is 7.48. The molecule has 0 spiro atoms. The van der Waals surface area contributed by atoms with Crippen LogP contribution in [0, 0.1) is 11.3 Å². The molecule has 8 heteroatoms. The Morgan fingerprint density at radius 1 is 1.19 bits per heavy atom. The van der Waals surface area contributed by atoms with E-state index in [0.717, 1.165) is 25.7 Å². The molecule has 1 saturated carbocycles. The van der Waals surface area contributed by atoms with Crippen LogP contribution in [0.3, 0.4) is 0 Å². The van der Waals surface area contributed by atoms with E-state index in [1.165, 1.54) is 24.6 Å². The Hall–Kier alpha value is -3.73. The molecule has 2 aromatic rings. The van der Waals surface area contributed by atoms with Gasteiger partial charge in [-0.3, -0.25) is 4.79 Å². The number of hydrogen-bond acceptors (Lipinski definition) is 6. The Morgan fingerprint density at radius 3 is 2.62 bits per heavy atom. The maximum atomic E-state index is 12.5. The largest absolute Gasteiger partial charge is 0.490 e. The van der Waals surface area contributed by atoms with Gasteiger partial charge in [-0.25, -0.2) is 4.79 Å². The molecule has 0 saturated heterocycles. The molecule has 0 aliphatic heterocycles. The maximum absolute atomic E-state index is 12.5. The van der Waals surface area contributed by atoms with Crippen LogP contribution >= 0.6 is 0 Å². The van der Waals surface area contributed by atoms with E-state index in [1.54, 1.807) is 18.2 Å². The fourth-order valence-corrected chi connectivity index (χ4v) is 3.55. The number of carboxylic acids is 1. The number of furan rings is 1. The molecule has 8 nitrogen and oxygen atoms in total. The van der Waals surface area contributed by atoms with E-state index >= 15 is 0 Å². The summed E-state index contributed by atoms with van der Waals surface area (Å²) in [6.07, 6.45) is 6.76. The van der Waals surface area contributed by atoms with E-state index in [0.29, 0.717) is 29.4 Å². The summed E-state index contributed by atoms with van der Waals surface area (Å²) in [4.78, 5) is 23.4. The van der Waals surface area contributed by atoms with Gasteiger partial charge >= 0.3 is 5.97 Å². The van der Waals surface area contributed by atoms with E-state index in [9.17, 15) is 14.9 Å². The summed E-state index contributed by atoms with van der Waals surface area (Å²) < 4.78 is 16.6. The molecular formula is C24H26N2O6. The van der Waals surface area contributed by atoms with Crippen molar-refractivity contribution in [2.75, 3.05) is 6.61 Å². The van der Waals surface area contributed by atoms with Gasteiger partial charge in [0, 0.05) is 6.04 Å². The molecule has 0 atom stereocenters. The van der Waals surface area contributed by atoms with Gasteiger partial charge < -0.3 is 24.3 Å². The summed E-state index contributed by atoms with van der Waals surface area (Å²) in [7, 11) is 0. The summed E-state index contributed by atoms with van der Waals surface area (Å²) in [5.41, 5.74) is 0.658. The highest BCUT2D eigenvalue weighted by Crippen LogP contribution is 2.30. The van der Waals surface area contributed by atoms with E-state index in [4.69, 9.17) is 19.0 Å².